The quantitative estimate of drug-likeness (QED) is 0.0145. The van der Waals surface area contributed by atoms with Crippen molar-refractivity contribution in [3.63, 3.8) is 0 Å². The van der Waals surface area contributed by atoms with Crippen molar-refractivity contribution in [1.82, 2.24) is 0 Å². The predicted octanol–water partition coefficient (Wildman–Crippen LogP) is 8.58. The van der Waals surface area contributed by atoms with Gasteiger partial charge in [0.1, 0.15) is 54.7 Å². The third-order valence-electron chi connectivity index (χ3n) is 17.7. The van der Waals surface area contributed by atoms with Crippen LogP contribution in [0.4, 0.5) is 0 Å². The van der Waals surface area contributed by atoms with E-state index in [9.17, 15) is 59.6 Å². The van der Waals surface area contributed by atoms with Crippen LogP contribution in [0.25, 0.3) is 33.4 Å². The summed E-state index contributed by atoms with van der Waals surface area (Å²) in [6, 6.07) is 92.6. The van der Waals surface area contributed by atoms with Crippen LogP contribution in [0.1, 0.15) is 38.0 Å². The van der Waals surface area contributed by atoms with E-state index in [1.54, 1.807) is 136 Å². The maximum absolute atomic E-state index is 12.9. The molecule has 48 heteroatoms. The summed E-state index contributed by atoms with van der Waals surface area (Å²) in [4.78, 5) is -1.05. The Morgan fingerprint density at radius 3 is 0.950 bits per heavy atom. The number of sulfone groups is 4. The fourth-order valence-corrected chi connectivity index (χ4v) is 18.1. The number of aromatic hydroxyl groups is 1. The van der Waals surface area contributed by atoms with E-state index < -0.39 is 96.0 Å². The van der Waals surface area contributed by atoms with Crippen LogP contribution < -0.4 is 137 Å². The molecular formula is C93H88BCl2Na4O25P4S11U-. The van der Waals surface area contributed by atoms with Crippen molar-refractivity contribution in [2.45, 2.75) is 91.0 Å². The molecule has 4 atom stereocenters. The molecule has 0 fully saturated rings. The number of hydrogen-bond acceptors (Lipinski definition) is 27. The molecule has 0 aliphatic carbocycles. The van der Waals surface area contributed by atoms with Crippen LogP contribution in [0.3, 0.4) is 0 Å². The number of thiol groups is 1. The van der Waals surface area contributed by atoms with Crippen molar-refractivity contribution in [2.24, 2.45) is 0 Å². The fourth-order valence-electron chi connectivity index (χ4n) is 11.1. The zero-order valence-corrected chi connectivity index (χ0v) is 104. The minimum atomic E-state index is -4.86. The Balaban J connectivity index is 0. The van der Waals surface area contributed by atoms with E-state index in [4.69, 9.17) is 75.3 Å². The van der Waals surface area contributed by atoms with E-state index in [1.807, 2.05) is 129 Å². The first-order valence-electron chi connectivity index (χ1n) is 38.9. The monoisotopic (exact) mass is 2490 g/mol. The summed E-state index contributed by atoms with van der Waals surface area (Å²) in [6.45, 7) is 9.08. The Hall–Kier alpha value is -4.72. The molecule has 2 radical (unpaired) electrons. The molecule has 25 nitrogen and oxygen atoms in total. The molecule has 0 amide bonds. The second-order valence-electron chi connectivity index (χ2n) is 27.0. The number of ether oxygens (including phenoxy) is 4. The van der Waals surface area contributed by atoms with Gasteiger partial charge in [-0.1, -0.05) is 170 Å². The van der Waals surface area contributed by atoms with E-state index in [0.29, 0.717) is 38.7 Å². The number of phenols is 1. The largest absolute Gasteiger partial charge is 1.00 e. The number of methoxy groups -OCH3 is 2. The van der Waals surface area contributed by atoms with Gasteiger partial charge in [0.2, 0.25) is 19.7 Å². The maximum atomic E-state index is 12.9. The van der Waals surface area contributed by atoms with Gasteiger partial charge in [0.05, 0.1) is 66.0 Å². The zero-order valence-electron chi connectivity index (χ0n) is 78.4. The second-order valence-corrected chi connectivity index (χ2v) is 48.0. The minimum Gasteiger partial charge on any atom is -0.744 e. The molecular weight excluding hydrogens is 2410 g/mol. The van der Waals surface area contributed by atoms with E-state index in [2.05, 4.69) is 91.6 Å². The van der Waals surface area contributed by atoms with Gasteiger partial charge in [-0.3, -0.25) is 8.72 Å². The van der Waals surface area contributed by atoms with Crippen LogP contribution >= 0.6 is 70.6 Å². The first-order chi connectivity index (χ1) is 64.1. The van der Waals surface area contributed by atoms with Crippen molar-refractivity contribution in [1.29, 1.82) is 0 Å². The summed E-state index contributed by atoms with van der Waals surface area (Å²) >= 11 is 19.3. The van der Waals surface area contributed by atoms with E-state index in [1.165, 1.54) is 72.6 Å². The minimum absolute atomic E-state index is 0. The summed E-state index contributed by atoms with van der Waals surface area (Å²) in [5.41, 5.74) is 9.30. The average molecular weight is 2500 g/mol. The van der Waals surface area contributed by atoms with Gasteiger partial charge < -0.3 is 44.8 Å². The Kier molecular flexibility index (Phi) is 64.8. The van der Waals surface area contributed by atoms with Gasteiger partial charge in [-0.05, 0) is 240 Å². The molecule has 14 aromatic rings. The van der Waals surface area contributed by atoms with E-state index in [-0.39, 0.29) is 210 Å². The summed E-state index contributed by atoms with van der Waals surface area (Å²) in [5, 5.41) is 9.35. The van der Waals surface area contributed by atoms with Gasteiger partial charge in [0.25, 0.3) is 0 Å². The molecule has 0 saturated heterocycles. The zero-order chi connectivity index (χ0) is 103. The fraction of sp³-hybridized carbons (Fsp3) is 0.0968. The van der Waals surface area contributed by atoms with Crippen molar-refractivity contribution < 1.29 is 261 Å². The van der Waals surface area contributed by atoms with E-state index >= 15 is 0 Å². The summed E-state index contributed by atoms with van der Waals surface area (Å²) in [7, 11) is -13.9. The topological polar surface area (TPSA) is 411 Å². The van der Waals surface area contributed by atoms with Crippen LogP contribution in [0.2, 0.25) is 10.0 Å². The second kappa shape index (κ2) is 68.1. The molecule has 14 rings (SSSR count). The Bertz CT molecular complexity index is 7270. The van der Waals surface area contributed by atoms with Crippen molar-refractivity contribution in [2.75, 3.05) is 19.7 Å². The first-order valence-corrected chi connectivity index (χ1v) is 55.9. The van der Waals surface area contributed by atoms with Gasteiger partial charge in [-0.15, -0.1) is 63.1 Å². The van der Waals surface area contributed by atoms with Crippen LogP contribution in [0.5, 0.6) is 40.2 Å². The Morgan fingerprint density at radius 2 is 0.645 bits per heavy atom. The first kappa shape index (κ1) is 134. The third kappa shape index (κ3) is 47.3. The summed E-state index contributed by atoms with van der Waals surface area (Å²) < 4.78 is 254. The van der Waals surface area contributed by atoms with Gasteiger partial charge in [-0.2, -0.15) is 63.7 Å². The van der Waals surface area contributed by atoms with Crippen LogP contribution in [-0.2, 0) is 101 Å². The van der Waals surface area contributed by atoms with Gasteiger partial charge >= 0.3 is 139 Å². The number of halogens is 2. The molecule has 722 valence electrons. The molecule has 4 unspecified atom stereocenters. The number of rotatable bonds is 19. The summed E-state index contributed by atoms with van der Waals surface area (Å²) in [5.74, 6) is 3.97. The van der Waals surface area contributed by atoms with Crippen LogP contribution in [-0.4, -0.2) is 117 Å². The normalized spacial score (nSPS) is 10.8. The van der Waals surface area contributed by atoms with Crippen molar-refractivity contribution >= 4 is 179 Å². The van der Waals surface area contributed by atoms with Gasteiger partial charge in [0.15, 0.2) is 19.7 Å². The van der Waals surface area contributed by atoms with Crippen molar-refractivity contribution in [3.8, 4) is 73.6 Å². The number of benzene rings is 14. The Morgan fingerprint density at radius 1 is 0.404 bits per heavy atom. The summed E-state index contributed by atoms with van der Waals surface area (Å²) in [6.07, 6.45) is 0. The molecule has 14 aromatic carbocycles. The number of phenolic OH excluding ortho intramolecular Hbond substituents is 1. The molecule has 141 heavy (non-hydrogen) atoms. The SMILES string of the molecule is C.COc1ccc(-c2ccc(Oc3[c-]cc(S(=O)(=O)c4ccc(C)c(S(=O)(=O)[O-])c4)cc3)cc2)cc1.COc1ccc(-c2ccc(Oc3ccc(S(=O)(=O)c4ccc(C)cc4)cc3)cc2)cc1.Cc1[c-]cc(S(=O)(=O)c2ccc(Cl)c(S(=O)(=O)[O-])c2)cc1.Cc1ccc(-c2ccc(O)cc2)cc1.Cc1ccc(S(=O)(=O)c2ccc(Cl)cc2)cc1.O=S(=O)=O.O=S(=O)=O.P=S(P)[S-].[2H]C([2H])(P)S.[B]P.[Na+].[Na+].[Na+].[Na+].[U]. The molecule has 1 N–H and O–H groups in total. The van der Waals surface area contributed by atoms with Crippen LogP contribution in [0, 0.1) is 77.9 Å². The molecule has 0 aliphatic heterocycles. The molecule has 0 bridgehead atoms. The van der Waals surface area contributed by atoms with Crippen molar-refractivity contribution in [3.05, 3.63) is 365 Å². The Labute approximate surface area is 976 Å². The molecule has 0 heterocycles. The van der Waals surface area contributed by atoms with Gasteiger partial charge in [-0.25, -0.2) is 50.5 Å². The molecule has 0 aliphatic rings. The number of hydrogen-bond donors (Lipinski definition) is 2. The molecule has 0 aromatic heterocycles. The predicted molar refractivity (Wildman–Crippen MR) is 549 cm³/mol. The smallest absolute Gasteiger partial charge is 0.744 e. The average Bonchev–Trinajstić information content (AvgIpc) is 0.780. The maximum Gasteiger partial charge on any atom is 1.00 e. The van der Waals surface area contributed by atoms with Crippen LogP contribution in [0.15, 0.2) is 364 Å². The number of aryl methyl sites for hydroxylation is 5. The molecule has 0 saturated carbocycles. The molecule has 0 spiro atoms. The van der Waals surface area contributed by atoms with Gasteiger partial charge in [0, 0.05) is 50.1 Å². The van der Waals surface area contributed by atoms with E-state index in [0.717, 1.165) is 80.3 Å². The standard InChI is InChI=1S/C26H21O7S2.C26H22O4S.C13H10ClO5S2.C13H11ClO2S.C13H12O.CH5PS.CH4.BH2P.4Na.2O3S.H3P2S2.U/c1-18-3-14-25(17-26(18)35(29,30)31)34(27,28)24-15-12-23(13-16-24)33-22-10-6-20(7-11-22)19-4-8-21(32-2)9-5-19;1-19-3-15-25(16-4-19)31(27,28)26-17-13-24(14-18-26)30-23-11-7-21(8-12-23)20-5-9-22(29-2)10-6-20;1-9-2-4-10(5-3-9)20(15,16)11-6-7-12(14)13(8-11)21(17,18)19;1-10-2-6-12(7-3-10)17(15,16)13-8-4-11(14)5-9-13;1-10-2-4-11(5-3-10)12-6-8-13(14)9-7-12;2-1-3;;1-2;;;;;3*1-4(2)3;/h3-12,14-17H,1-2H3,(H,29,30,31);3-18H,1-2H3;2,4-8H,1H3,(H,17,18,19);2-9H,1H3;2-9,14H,1H3;3H,1-2H2;1H4;2H2;;;;;;;1H,2H2;/q-1;;-1;;;;;;4*+1;;;-1;/p-2/i;;;;;1D2;;;;;;;;;;. The third-order valence-corrected chi connectivity index (χ3v) is 27.3.